The van der Waals surface area contributed by atoms with Crippen LogP contribution in [0.2, 0.25) is 5.02 Å². The highest BCUT2D eigenvalue weighted by Crippen LogP contribution is 2.33. The number of rotatable bonds is 6. The number of carbonyl (C=O) groups excluding carboxylic acids is 1. The summed E-state index contributed by atoms with van der Waals surface area (Å²) in [7, 11) is -3.61. The minimum atomic E-state index is -3.61. The molecule has 0 radical (unpaired) electrons. The van der Waals surface area contributed by atoms with Crippen molar-refractivity contribution in [2.45, 2.75) is 31.6 Å². The highest BCUT2D eigenvalue weighted by Gasteiger charge is 2.33. The number of amides is 1. The Morgan fingerprint density at radius 2 is 1.71 bits per heavy atom. The van der Waals surface area contributed by atoms with Crippen molar-refractivity contribution in [2.75, 3.05) is 18.4 Å². The topological polar surface area (TPSA) is 75.7 Å². The molecule has 1 amide bonds. The molecule has 1 N–H and O–H groups in total. The molecule has 3 aromatic rings. The van der Waals surface area contributed by atoms with Crippen molar-refractivity contribution in [3.8, 4) is 11.5 Å². The van der Waals surface area contributed by atoms with E-state index in [1.54, 1.807) is 31.2 Å². The van der Waals surface area contributed by atoms with Crippen LogP contribution in [-0.4, -0.2) is 31.7 Å². The second kappa shape index (κ2) is 10.2. The summed E-state index contributed by atoms with van der Waals surface area (Å²) in [5, 5.41) is 3.40. The number of benzene rings is 3. The quantitative estimate of drug-likeness (QED) is 0.466. The van der Waals surface area contributed by atoms with Gasteiger partial charge >= 0.3 is 0 Å². The summed E-state index contributed by atoms with van der Waals surface area (Å²) in [4.78, 5) is 13.4. The summed E-state index contributed by atoms with van der Waals surface area (Å²) in [5.41, 5.74) is 2.10. The molecule has 0 saturated carbocycles. The maximum absolute atomic E-state index is 13.2. The monoisotopic (exact) mass is 498 g/mol. The van der Waals surface area contributed by atoms with Gasteiger partial charge < -0.3 is 10.1 Å². The second-order valence-corrected chi connectivity index (χ2v) is 10.8. The van der Waals surface area contributed by atoms with Gasteiger partial charge in [0.05, 0.1) is 10.6 Å². The van der Waals surface area contributed by atoms with Crippen LogP contribution >= 0.6 is 11.6 Å². The molecule has 1 aliphatic heterocycles. The summed E-state index contributed by atoms with van der Waals surface area (Å²) >= 11 is 6.16. The molecule has 0 atom stereocenters. The van der Waals surface area contributed by atoms with E-state index >= 15 is 0 Å². The van der Waals surface area contributed by atoms with E-state index in [-0.39, 0.29) is 24.9 Å². The summed E-state index contributed by atoms with van der Waals surface area (Å²) in [6.07, 6.45) is 0.872. The smallest absolute Gasteiger partial charge is 0.243 e. The van der Waals surface area contributed by atoms with Gasteiger partial charge in [0.2, 0.25) is 15.9 Å². The number of hydrogen-bond acceptors (Lipinski definition) is 4. The van der Waals surface area contributed by atoms with Crippen LogP contribution < -0.4 is 10.1 Å². The number of halogens is 1. The summed E-state index contributed by atoms with van der Waals surface area (Å²) in [6, 6.07) is 19.8. The van der Waals surface area contributed by atoms with E-state index in [1.807, 2.05) is 49.4 Å². The molecular weight excluding hydrogens is 472 g/mol. The van der Waals surface area contributed by atoms with Crippen LogP contribution in [-0.2, 0) is 14.8 Å². The number of carbonyl (C=O) groups is 1. The van der Waals surface area contributed by atoms with E-state index in [9.17, 15) is 13.2 Å². The minimum Gasteiger partial charge on any atom is -0.455 e. The molecule has 0 aromatic heterocycles. The molecule has 4 rings (SSSR count). The highest BCUT2D eigenvalue weighted by molar-refractivity contribution is 7.89. The molecule has 1 heterocycles. The first-order valence-electron chi connectivity index (χ1n) is 11.1. The lowest BCUT2D eigenvalue weighted by molar-refractivity contribution is -0.120. The Balaban J connectivity index is 1.43. The van der Waals surface area contributed by atoms with Crippen LogP contribution in [0.3, 0.4) is 0 Å². The number of nitrogens with one attached hydrogen (secondary N) is 1. The molecule has 1 saturated heterocycles. The molecule has 8 heteroatoms. The van der Waals surface area contributed by atoms with Gasteiger partial charge in [0.15, 0.2) is 5.75 Å². The summed E-state index contributed by atoms with van der Waals surface area (Å²) < 4.78 is 33.8. The van der Waals surface area contributed by atoms with Crippen molar-refractivity contribution >= 4 is 33.2 Å². The molecule has 3 aromatic carbocycles. The van der Waals surface area contributed by atoms with Crippen LogP contribution in [0.1, 0.15) is 24.0 Å². The van der Waals surface area contributed by atoms with Crippen molar-refractivity contribution in [1.82, 2.24) is 4.31 Å². The molecular formula is C26H27ClN2O4S. The van der Waals surface area contributed by atoms with Crippen molar-refractivity contribution in [2.24, 2.45) is 5.92 Å². The predicted octanol–water partition coefficient (Wildman–Crippen LogP) is 5.79. The standard InChI is InChI=1S/C26H27ClN2O4S/c1-18-8-9-19(2)25(16-18)34(31,32)29-14-12-20(13-15-29)26(30)28-23-17-21(27)10-11-24(23)33-22-6-4-3-5-7-22/h3-11,16-17,20H,12-15H2,1-2H3,(H,28,30). The van der Waals surface area contributed by atoms with Crippen LogP contribution in [0, 0.1) is 19.8 Å². The predicted molar refractivity (Wildman–Crippen MR) is 134 cm³/mol. The Bertz CT molecular complexity index is 1290. The van der Waals surface area contributed by atoms with Crippen molar-refractivity contribution in [1.29, 1.82) is 0 Å². The number of ether oxygens (including phenoxy) is 1. The summed E-state index contributed by atoms with van der Waals surface area (Å²) in [5.74, 6) is 0.641. The second-order valence-electron chi connectivity index (χ2n) is 8.49. The van der Waals surface area contributed by atoms with Crippen LogP contribution in [0.25, 0.3) is 0 Å². The van der Waals surface area contributed by atoms with Gasteiger partial charge in [0.25, 0.3) is 0 Å². The van der Waals surface area contributed by atoms with E-state index in [2.05, 4.69) is 5.32 Å². The van der Waals surface area contributed by atoms with Gasteiger partial charge in [-0.1, -0.05) is 41.9 Å². The van der Waals surface area contributed by atoms with Crippen molar-refractivity contribution in [3.05, 3.63) is 82.9 Å². The average Bonchev–Trinajstić information content (AvgIpc) is 2.83. The lowest BCUT2D eigenvalue weighted by Crippen LogP contribution is -2.41. The zero-order valence-electron chi connectivity index (χ0n) is 19.1. The molecule has 0 aliphatic carbocycles. The van der Waals surface area contributed by atoms with Crippen molar-refractivity contribution < 1.29 is 17.9 Å². The third-order valence-electron chi connectivity index (χ3n) is 5.96. The van der Waals surface area contributed by atoms with E-state index in [4.69, 9.17) is 16.3 Å². The van der Waals surface area contributed by atoms with Gasteiger partial charge in [0.1, 0.15) is 5.75 Å². The third kappa shape index (κ3) is 5.43. The van der Waals surface area contributed by atoms with Crippen LogP contribution in [0.15, 0.2) is 71.6 Å². The highest BCUT2D eigenvalue weighted by atomic mass is 35.5. The van der Waals surface area contributed by atoms with Gasteiger partial charge in [0, 0.05) is 24.0 Å². The molecule has 178 valence electrons. The molecule has 0 unspecified atom stereocenters. The minimum absolute atomic E-state index is 0.177. The Labute approximate surface area is 205 Å². The molecule has 0 bridgehead atoms. The number of sulfonamides is 1. The Kier molecular flexibility index (Phi) is 7.26. The number of para-hydroxylation sites is 1. The summed E-state index contributed by atoms with van der Waals surface area (Å²) in [6.45, 7) is 4.25. The van der Waals surface area contributed by atoms with Gasteiger partial charge in [-0.2, -0.15) is 4.31 Å². The van der Waals surface area contributed by atoms with Crippen LogP contribution in [0.5, 0.6) is 11.5 Å². The van der Waals surface area contributed by atoms with Gasteiger partial charge in [-0.25, -0.2) is 8.42 Å². The van der Waals surface area contributed by atoms with E-state index in [1.165, 1.54) is 4.31 Å². The number of aryl methyl sites for hydroxylation is 2. The number of piperidine rings is 1. The third-order valence-corrected chi connectivity index (χ3v) is 8.23. The first-order chi connectivity index (χ1) is 16.2. The molecule has 1 fully saturated rings. The lowest BCUT2D eigenvalue weighted by atomic mass is 9.97. The first-order valence-corrected chi connectivity index (χ1v) is 13.0. The molecule has 6 nitrogen and oxygen atoms in total. The van der Waals surface area contributed by atoms with Gasteiger partial charge in [-0.3, -0.25) is 4.79 Å². The first kappa shape index (κ1) is 24.3. The zero-order chi connectivity index (χ0) is 24.3. The fraction of sp³-hybridized carbons (Fsp3) is 0.269. The van der Waals surface area contributed by atoms with Crippen LogP contribution in [0.4, 0.5) is 5.69 Å². The zero-order valence-corrected chi connectivity index (χ0v) is 20.7. The van der Waals surface area contributed by atoms with E-state index in [0.29, 0.717) is 39.9 Å². The van der Waals surface area contributed by atoms with E-state index in [0.717, 1.165) is 11.1 Å². The maximum atomic E-state index is 13.2. The van der Waals surface area contributed by atoms with Gasteiger partial charge in [-0.05, 0) is 74.2 Å². The molecule has 34 heavy (non-hydrogen) atoms. The number of anilines is 1. The van der Waals surface area contributed by atoms with Gasteiger partial charge in [-0.15, -0.1) is 0 Å². The molecule has 0 spiro atoms. The largest absolute Gasteiger partial charge is 0.455 e. The van der Waals surface area contributed by atoms with E-state index < -0.39 is 10.0 Å². The number of hydrogen-bond donors (Lipinski definition) is 1. The fourth-order valence-electron chi connectivity index (χ4n) is 4.02. The lowest BCUT2D eigenvalue weighted by Gasteiger charge is -2.31. The maximum Gasteiger partial charge on any atom is 0.243 e. The Hall–Kier alpha value is -2.87. The number of nitrogens with zero attached hydrogens (tertiary/aromatic N) is 1. The normalized spacial score (nSPS) is 15.1. The average molecular weight is 499 g/mol. The Morgan fingerprint density at radius 1 is 1.00 bits per heavy atom. The fourth-order valence-corrected chi connectivity index (χ4v) is 5.97. The molecule has 1 aliphatic rings. The van der Waals surface area contributed by atoms with Crippen molar-refractivity contribution in [3.63, 3.8) is 0 Å². The SMILES string of the molecule is Cc1ccc(C)c(S(=O)(=O)N2CCC(C(=O)Nc3cc(Cl)ccc3Oc3ccccc3)CC2)c1. The Morgan fingerprint density at radius 3 is 2.41 bits per heavy atom.